The van der Waals surface area contributed by atoms with Gasteiger partial charge in [0.1, 0.15) is 0 Å². The van der Waals surface area contributed by atoms with Crippen LogP contribution in [0.3, 0.4) is 0 Å². The first-order valence-corrected chi connectivity index (χ1v) is 7.43. The van der Waals surface area contributed by atoms with Crippen LogP contribution in [0.25, 0.3) is 0 Å². The van der Waals surface area contributed by atoms with Gasteiger partial charge in [-0.25, -0.2) is 0 Å². The van der Waals surface area contributed by atoms with E-state index in [4.69, 9.17) is 0 Å². The normalized spacial score (nSPS) is 32.3. The molecule has 1 atom stereocenters. The van der Waals surface area contributed by atoms with Crippen molar-refractivity contribution >= 4 is 0 Å². The molecule has 1 unspecified atom stereocenters. The Morgan fingerprint density at radius 3 is 1.44 bits per heavy atom. The predicted octanol–water partition coefficient (Wildman–Crippen LogP) is 5.03. The van der Waals surface area contributed by atoms with Gasteiger partial charge in [-0.1, -0.05) is 61.8 Å². The Balaban J connectivity index is 3.54. The van der Waals surface area contributed by atoms with Gasteiger partial charge in [0.15, 0.2) is 0 Å². The zero-order chi connectivity index (χ0) is 14.6. The van der Waals surface area contributed by atoms with Crippen LogP contribution >= 0.6 is 0 Å². The molecule has 0 heterocycles. The van der Waals surface area contributed by atoms with Gasteiger partial charge in [-0.05, 0) is 36.0 Å². The van der Waals surface area contributed by atoms with Gasteiger partial charge >= 0.3 is 0 Å². The fraction of sp³-hybridized carbons (Fsp3) is 1.00. The molecule has 108 valence electrons. The molecule has 1 nitrogen and oxygen atoms in total. The van der Waals surface area contributed by atoms with Crippen molar-refractivity contribution in [3.8, 4) is 0 Å². The van der Waals surface area contributed by atoms with Crippen LogP contribution in [0.5, 0.6) is 0 Å². The van der Waals surface area contributed by atoms with Crippen molar-refractivity contribution < 1.29 is 5.11 Å². The number of aliphatic hydroxyl groups is 1. The van der Waals surface area contributed by atoms with Crippen LogP contribution in [0.1, 0.15) is 81.6 Å². The Bertz CT molecular complexity index is 295. The van der Waals surface area contributed by atoms with Crippen molar-refractivity contribution in [3.63, 3.8) is 0 Å². The Morgan fingerprint density at radius 1 is 0.778 bits per heavy atom. The molecule has 0 saturated heterocycles. The molecule has 1 rings (SSSR count). The van der Waals surface area contributed by atoms with Crippen LogP contribution in [0.2, 0.25) is 0 Å². The van der Waals surface area contributed by atoms with Gasteiger partial charge in [0.25, 0.3) is 0 Å². The predicted molar refractivity (Wildman–Crippen MR) is 79.6 cm³/mol. The second-order valence-electron chi connectivity index (χ2n) is 9.21. The SMILES string of the molecule is CC(C)(C)C1(C(C)(C)C)CCCC(C)(C)C1(C)O. The molecule has 0 radical (unpaired) electrons. The molecule has 0 aromatic rings. The van der Waals surface area contributed by atoms with Crippen molar-refractivity contribution in [2.24, 2.45) is 21.7 Å². The van der Waals surface area contributed by atoms with E-state index < -0.39 is 5.60 Å². The van der Waals surface area contributed by atoms with Crippen molar-refractivity contribution in [3.05, 3.63) is 0 Å². The summed E-state index contributed by atoms with van der Waals surface area (Å²) in [5.74, 6) is 0. The maximum Gasteiger partial charge on any atom is 0.0736 e. The molecule has 1 N–H and O–H groups in total. The minimum atomic E-state index is -0.644. The fourth-order valence-corrected chi connectivity index (χ4v) is 5.20. The quantitative estimate of drug-likeness (QED) is 0.643. The van der Waals surface area contributed by atoms with E-state index in [2.05, 4.69) is 62.3 Å². The summed E-state index contributed by atoms with van der Waals surface area (Å²) in [7, 11) is 0. The van der Waals surface area contributed by atoms with Crippen LogP contribution in [0, 0.1) is 21.7 Å². The highest BCUT2D eigenvalue weighted by Gasteiger charge is 2.66. The molecular formula is C17H34O. The Labute approximate surface area is 114 Å². The van der Waals surface area contributed by atoms with Crippen molar-refractivity contribution in [2.45, 2.75) is 87.2 Å². The summed E-state index contributed by atoms with van der Waals surface area (Å²) < 4.78 is 0. The maximum atomic E-state index is 11.5. The third-order valence-corrected chi connectivity index (χ3v) is 6.06. The van der Waals surface area contributed by atoms with Crippen LogP contribution in [-0.4, -0.2) is 10.7 Å². The standard InChI is InChI=1S/C17H34O/c1-13(2,3)17(14(4,5)6)12-10-11-15(7,8)16(17,9)18/h18H,10-12H2,1-9H3. The van der Waals surface area contributed by atoms with Gasteiger partial charge < -0.3 is 5.11 Å². The van der Waals surface area contributed by atoms with Gasteiger partial charge in [0, 0.05) is 5.41 Å². The second-order valence-corrected chi connectivity index (χ2v) is 9.21. The molecule has 18 heavy (non-hydrogen) atoms. The van der Waals surface area contributed by atoms with Crippen LogP contribution < -0.4 is 0 Å². The first-order chi connectivity index (χ1) is 7.71. The molecule has 0 aromatic heterocycles. The summed E-state index contributed by atoms with van der Waals surface area (Å²) in [4.78, 5) is 0. The van der Waals surface area contributed by atoms with Gasteiger partial charge in [-0.15, -0.1) is 0 Å². The zero-order valence-electron chi connectivity index (χ0n) is 14.1. The van der Waals surface area contributed by atoms with E-state index in [-0.39, 0.29) is 21.7 Å². The van der Waals surface area contributed by atoms with E-state index in [9.17, 15) is 5.11 Å². The van der Waals surface area contributed by atoms with Gasteiger partial charge in [0.2, 0.25) is 0 Å². The van der Waals surface area contributed by atoms with E-state index in [0.717, 1.165) is 12.8 Å². The monoisotopic (exact) mass is 254 g/mol. The zero-order valence-corrected chi connectivity index (χ0v) is 14.1. The minimum Gasteiger partial charge on any atom is -0.389 e. The lowest BCUT2D eigenvalue weighted by Gasteiger charge is -2.67. The molecule has 0 aromatic carbocycles. The van der Waals surface area contributed by atoms with E-state index in [1.807, 2.05) is 0 Å². The topological polar surface area (TPSA) is 20.2 Å². The molecule has 0 bridgehead atoms. The fourth-order valence-electron chi connectivity index (χ4n) is 5.20. The smallest absolute Gasteiger partial charge is 0.0736 e. The van der Waals surface area contributed by atoms with Gasteiger partial charge in [-0.3, -0.25) is 0 Å². The van der Waals surface area contributed by atoms with Gasteiger partial charge in [-0.2, -0.15) is 0 Å². The average Bonchev–Trinajstić information content (AvgIpc) is 2.04. The van der Waals surface area contributed by atoms with Crippen LogP contribution in [0.4, 0.5) is 0 Å². The molecule has 1 heteroatoms. The highest BCUT2D eigenvalue weighted by atomic mass is 16.3. The van der Waals surface area contributed by atoms with E-state index in [1.165, 1.54) is 6.42 Å². The third-order valence-electron chi connectivity index (χ3n) is 6.06. The summed E-state index contributed by atoms with van der Waals surface area (Å²) in [5.41, 5.74) is -0.547. The highest BCUT2D eigenvalue weighted by molar-refractivity contribution is 5.15. The minimum absolute atomic E-state index is 0.0220. The summed E-state index contributed by atoms with van der Waals surface area (Å²) in [6.45, 7) is 20.4. The highest BCUT2D eigenvalue weighted by Crippen LogP contribution is 2.67. The van der Waals surface area contributed by atoms with Crippen LogP contribution in [-0.2, 0) is 0 Å². The summed E-state index contributed by atoms with van der Waals surface area (Å²) in [6, 6.07) is 0. The second kappa shape index (κ2) is 3.98. The summed E-state index contributed by atoms with van der Waals surface area (Å²) in [6.07, 6.45) is 3.46. The number of hydrogen-bond acceptors (Lipinski definition) is 1. The van der Waals surface area contributed by atoms with Crippen molar-refractivity contribution in [1.29, 1.82) is 0 Å². The average molecular weight is 254 g/mol. The molecule has 0 spiro atoms. The summed E-state index contributed by atoms with van der Waals surface area (Å²) >= 11 is 0. The molecule has 1 aliphatic rings. The van der Waals surface area contributed by atoms with Crippen molar-refractivity contribution in [1.82, 2.24) is 0 Å². The first kappa shape index (κ1) is 16.0. The Kier molecular flexibility index (Phi) is 3.54. The van der Waals surface area contributed by atoms with E-state index in [1.54, 1.807) is 0 Å². The molecule has 1 fully saturated rings. The summed E-state index contributed by atoms with van der Waals surface area (Å²) in [5, 5.41) is 11.5. The third kappa shape index (κ3) is 1.85. The number of hydrogen-bond donors (Lipinski definition) is 1. The van der Waals surface area contributed by atoms with E-state index >= 15 is 0 Å². The molecule has 1 aliphatic carbocycles. The first-order valence-electron chi connectivity index (χ1n) is 7.43. The molecule has 1 saturated carbocycles. The van der Waals surface area contributed by atoms with Crippen molar-refractivity contribution in [2.75, 3.05) is 0 Å². The Hall–Kier alpha value is -0.0400. The Morgan fingerprint density at radius 2 is 1.17 bits per heavy atom. The van der Waals surface area contributed by atoms with Gasteiger partial charge in [0.05, 0.1) is 5.60 Å². The largest absolute Gasteiger partial charge is 0.389 e. The molecular weight excluding hydrogens is 220 g/mol. The van der Waals surface area contributed by atoms with E-state index in [0.29, 0.717) is 0 Å². The number of rotatable bonds is 0. The van der Waals surface area contributed by atoms with Crippen LogP contribution in [0.15, 0.2) is 0 Å². The molecule has 0 amide bonds. The molecule has 0 aliphatic heterocycles. The lowest BCUT2D eigenvalue weighted by molar-refractivity contribution is -0.259. The maximum absolute atomic E-state index is 11.5. The lowest BCUT2D eigenvalue weighted by Crippen LogP contribution is -2.68. The lowest BCUT2D eigenvalue weighted by atomic mass is 9.39.